The van der Waals surface area contributed by atoms with Gasteiger partial charge in [-0.05, 0) is 25.7 Å². The zero-order valence-corrected chi connectivity index (χ0v) is 9.87. The fraction of sp³-hybridized carbons (Fsp3) is 0.750. The van der Waals surface area contributed by atoms with Crippen LogP contribution in [0.4, 0.5) is 0 Å². The summed E-state index contributed by atoms with van der Waals surface area (Å²) in [6.45, 7) is 6.49. The molecule has 1 aliphatic rings. The van der Waals surface area contributed by atoms with Gasteiger partial charge in [-0.3, -0.25) is 0 Å². The molecule has 92 valence electrons. The Kier molecular flexibility index (Phi) is 5.49. The van der Waals surface area contributed by atoms with Gasteiger partial charge in [0.1, 0.15) is 0 Å². The van der Waals surface area contributed by atoms with Gasteiger partial charge in [-0.1, -0.05) is 13.0 Å². The number of hydrogen-bond acceptors (Lipinski definition) is 4. The fourth-order valence-corrected chi connectivity index (χ4v) is 2.08. The van der Waals surface area contributed by atoms with Crippen LogP contribution in [0.5, 0.6) is 0 Å². The molecular weight excluding hydrogens is 206 g/mol. The number of carbonyl (C=O) groups is 1. The third-order valence-corrected chi connectivity index (χ3v) is 3.04. The van der Waals surface area contributed by atoms with Gasteiger partial charge in [0, 0.05) is 24.8 Å². The summed E-state index contributed by atoms with van der Waals surface area (Å²) in [6.07, 6.45) is 3.25. The van der Waals surface area contributed by atoms with Gasteiger partial charge in [-0.15, -0.1) is 0 Å². The van der Waals surface area contributed by atoms with Crippen molar-refractivity contribution in [2.75, 3.05) is 19.8 Å². The minimum absolute atomic E-state index is 0.212. The molecule has 16 heavy (non-hydrogen) atoms. The van der Waals surface area contributed by atoms with Crippen LogP contribution in [-0.4, -0.2) is 36.9 Å². The van der Waals surface area contributed by atoms with Crippen molar-refractivity contribution in [1.82, 2.24) is 5.32 Å². The minimum Gasteiger partial charge on any atom is -0.463 e. The molecule has 0 aliphatic heterocycles. The van der Waals surface area contributed by atoms with Crippen molar-refractivity contribution < 1.29 is 14.6 Å². The molecule has 1 rings (SSSR count). The van der Waals surface area contributed by atoms with E-state index in [-0.39, 0.29) is 12.6 Å². The van der Waals surface area contributed by atoms with Crippen LogP contribution in [0.25, 0.3) is 0 Å². The average Bonchev–Trinajstić information content (AvgIpc) is 2.73. The summed E-state index contributed by atoms with van der Waals surface area (Å²) < 4.78 is 4.84. The fourth-order valence-electron chi connectivity index (χ4n) is 2.08. The summed E-state index contributed by atoms with van der Waals surface area (Å²) in [6, 6.07) is 0.302. The first-order chi connectivity index (χ1) is 7.69. The number of carbonyl (C=O) groups excluding carboxylic acids is 1. The molecule has 0 aromatic heterocycles. The lowest BCUT2D eigenvalue weighted by Crippen LogP contribution is -2.36. The van der Waals surface area contributed by atoms with E-state index in [1.54, 1.807) is 6.92 Å². The Hall–Kier alpha value is -0.870. The topological polar surface area (TPSA) is 58.6 Å². The Bertz CT molecular complexity index is 253. The van der Waals surface area contributed by atoms with Crippen molar-refractivity contribution in [2.24, 2.45) is 5.92 Å². The van der Waals surface area contributed by atoms with Gasteiger partial charge in [0.05, 0.1) is 6.61 Å². The molecular formula is C12H21NO3. The molecule has 1 fully saturated rings. The Morgan fingerprint density at radius 2 is 2.31 bits per heavy atom. The maximum atomic E-state index is 11.3. The normalized spacial score (nSPS) is 24.4. The molecule has 0 aromatic carbocycles. The average molecular weight is 227 g/mol. The van der Waals surface area contributed by atoms with Crippen LogP contribution in [0.2, 0.25) is 0 Å². The monoisotopic (exact) mass is 227 g/mol. The predicted molar refractivity (Wildman–Crippen MR) is 62.0 cm³/mol. The number of aliphatic hydroxyl groups excluding tert-OH is 1. The molecule has 2 unspecified atom stereocenters. The van der Waals surface area contributed by atoms with Crippen LogP contribution in [0.3, 0.4) is 0 Å². The van der Waals surface area contributed by atoms with E-state index in [2.05, 4.69) is 11.9 Å². The van der Waals surface area contributed by atoms with Crippen molar-refractivity contribution in [3.05, 3.63) is 12.2 Å². The maximum Gasteiger partial charge on any atom is 0.334 e. The highest BCUT2D eigenvalue weighted by Gasteiger charge is 2.26. The van der Waals surface area contributed by atoms with Crippen molar-refractivity contribution in [1.29, 1.82) is 0 Å². The van der Waals surface area contributed by atoms with Crippen LogP contribution in [-0.2, 0) is 9.53 Å². The van der Waals surface area contributed by atoms with Crippen LogP contribution in [0.1, 0.15) is 26.2 Å². The number of hydrogen-bond donors (Lipinski definition) is 2. The summed E-state index contributed by atoms with van der Waals surface area (Å²) in [5.74, 6) is -0.0245. The van der Waals surface area contributed by atoms with E-state index in [4.69, 9.17) is 9.84 Å². The molecule has 1 aliphatic carbocycles. The predicted octanol–water partition coefficient (Wildman–Crippen LogP) is 0.856. The quantitative estimate of drug-likeness (QED) is 0.522. The number of aliphatic hydroxyl groups is 1. The van der Waals surface area contributed by atoms with Crippen molar-refractivity contribution in [3.8, 4) is 0 Å². The molecule has 0 radical (unpaired) electrons. The first-order valence-corrected chi connectivity index (χ1v) is 5.88. The second-order valence-electron chi connectivity index (χ2n) is 4.18. The van der Waals surface area contributed by atoms with Gasteiger partial charge in [-0.2, -0.15) is 0 Å². The van der Waals surface area contributed by atoms with Gasteiger partial charge >= 0.3 is 5.97 Å². The molecule has 2 N–H and O–H groups in total. The molecule has 2 atom stereocenters. The van der Waals surface area contributed by atoms with Crippen molar-refractivity contribution >= 4 is 5.97 Å². The molecule has 1 saturated carbocycles. The third-order valence-electron chi connectivity index (χ3n) is 3.04. The van der Waals surface area contributed by atoms with Crippen LogP contribution >= 0.6 is 0 Å². The Balaban J connectivity index is 2.28. The molecule has 4 heteroatoms. The summed E-state index contributed by atoms with van der Waals surface area (Å²) in [4.78, 5) is 11.3. The molecule has 0 spiro atoms. The summed E-state index contributed by atoms with van der Waals surface area (Å²) in [7, 11) is 0. The second-order valence-corrected chi connectivity index (χ2v) is 4.18. The highest BCUT2D eigenvalue weighted by molar-refractivity contribution is 5.88. The van der Waals surface area contributed by atoms with Gasteiger partial charge < -0.3 is 15.2 Å². The molecule has 0 bridgehead atoms. The lowest BCUT2D eigenvalue weighted by atomic mass is 10.0. The molecule has 0 heterocycles. The number of esters is 1. The molecule has 0 saturated heterocycles. The number of nitrogens with one attached hydrogen (secondary N) is 1. The zero-order chi connectivity index (χ0) is 12.0. The summed E-state index contributed by atoms with van der Waals surface area (Å²) >= 11 is 0. The number of ether oxygens (including phenoxy) is 1. The first-order valence-electron chi connectivity index (χ1n) is 5.88. The van der Waals surface area contributed by atoms with Crippen LogP contribution < -0.4 is 5.32 Å². The highest BCUT2D eigenvalue weighted by atomic mass is 16.5. The van der Waals surface area contributed by atoms with E-state index in [0.717, 1.165) is 19.3 Å². The Morgan fingerprint density at radius 1 is 1.56 bits per heavy atom. The van der Waals surface area contributed by atoms with Crippen molar-refractivity contribution in [2.45, 2.75) is 32.2 Å². The molecule has 0 amide bonds. The molecule has 4 nitrogen and oxygen atoms in total. The zero-order valence-electron chi connectivity index (χ0n) is 9.87. The van der Waals surface area contributed by atoms with E-state index in [1.165, 1.54) is 0 Å². The summed E-state index contributed by atoms with van der Waals surface area (Å²) in [5.41, 5.74) is 0.449. The largest absolute Gasteiger partial charge is 0.463 e. The van der Waals surface area contributed by atoms with Gasteiger partial charge in [0.15, 0.2) is 0 Å². The van der Waals surface area contributed by atoms with Crippen molar-refractivity contribution in [3.63, 3.8) is 0 Å². The minimum atomic E-state index is -0.339. The van der Waals surface area contributed by atoms with Gasteiger partial charge in [0.2, 0.25) is 0 Å². The first kappa shape index (κ1) is 13.2. The highest BCUT2D eigenvalue weighted by Crippen LogP contribution is 2.24. The van der Waals surface area contributed by atoms with E-state index in [1.807, 2.05) is 0 Å². The Labute approximate surface area is 96.7 Å². The molecule has 0 aromatic rings. The maximum absolute atomic E-state index is 11.3. The van der Waals surface area contributed by atoms with Gasteiger partial charge in [-0.25, -0.2) is 4.79 Å². The van der Waals surface area contributed by atoms with E-state index < -0.39 is 0 Å². The second kappa shape index (κ2) is 6.66. The van der Waals surface area contributed by atoms with Crippen LogP contribution in [0, 0.1) is 5.92 Å². The SMILES string of the molecule is C=C(CNC1CCCC1CO)C(=O)OCC. The lowest BCUT2D eigenvalue weighted by Gasteiger charge is -2.19. The smallest absolute Gasteiger partial charge is 0.334 e. The lowest BCUT2D eigenvalue weighted by molar-refractivity contribution is -0.138. The Morgan fingerprint density at radius 3 is 2.94 bits per heavy atom. The standard InChI is InChI=1S/C12H21NO3/c1-3-16-12(15)9(2)7-13-11-6-4-5-10(11)8-14/h10-11,13-14H,2-8H2,1H3. The van der Waals surface area contributed by atoms with Gasteiger partial charge in [0.25, 0.3) is 0 Å². The van der Waals surface area contributed by atoms with Crippen LogP contribution in [0.15, 0.2) is 12.2 Å². The summed E-state index contributed by atoms with van der Waals surface area (Å²) in [5, 5.41) is 12.4. The van der Waals surface area contributed by atoms with E-state index in [0.29, 0.717) is 30.7 Å². The number of rotatable bonds is 6. The third kappa shape index (κ3) is 3.61. The van der Waals surface area contributed by atoms with E-state index >= 15 is 0 Å². The van der Waals surface area contributed by atoms with E-state index in [9.17, 15) is 4.79 Å².